The third-order valence-electron chi connectivity index (χ3n) is 4.83. The maximum Gasteiger partial charge on any atom is 0.241 e. The molecule has 1 saturated carbocycles. The molecule has 26 heavy (non-hydrogen) atoms. The standard InChI is InChI=1S/C18H24F2N4O2/c1-12(18(26)22-14-4-5-15(19)16(20)10-14)24-8-6-23(7-9-24)11-17(25)21-13-2-3-13/h4-5,10,12-13H,2-3,6-9,11H2,1H3,(H,21,25)(H,22,26)/t12-/m0/s1. The van der Waals surface area contributed by atoms with Crippen LogP contribution in [0.2, 0.25) is 0 Å². The van der Waals surface area contributed by atoms with E-state index < -0.39 is 17.7 Å². The van der Waals surface area contributed by atoms with Crippen molar-refractivity contribution < 1.29 is 18.4 Å². The number of benzene rings is 1. The van der Waals surface area contributed by atoms with Gasteiger partial charge in [-0.1, -0.05) is 0 Å². The number of piperazine rings is 1. The highest BCUT2D eigenvalue weighted by Gasteiger charge is 2.28. The van der Waals surface area contributed by atoms with E-state index in [2.05, 4.69) is 15.5 Å². The fourth-order valence-electron chi connectivity index (χ4n) is 3.00. The molecule has 0 spiro atoms. The summed E-state index contributed by atoms with van der Waals surface area (Å²) in [6, 6.07) is 3.26. The summed E-state index contributed by atoms with van der Waals surface area (Å²) in [5, 5.41) is 5.59. The number of carbonyl (C=O) groups excluding carboxylic acids is 2. The molecule has 2 N–H and O–H groups in total. The Morgan fingerprint density at radius 2 is 1.85 bits per heavy atom. The van der Waals surface area contributed by atoms with E-state index in [-0.39, 0.29) is 17.5 Å². The predicted molar refractivity (Wildman–Crippen MR) is 93.6 cm³/mol. The number of rotatable bonds is 6. The molecule has 1 heterocycles. The molecule has 0 unspecified atom stereocenters. The molecule has 2 aliphatic rings. The van der Waals surface area contributed by atoms with Gasteiger partial charge in [-0.25, -0.2) is 8.78 Å². The topological polar surface area (TPSA) is 64.7 Å². The van der Waals surface area contributed by atoms with Crippen molar-refractivity contribution in [1.82, 2.24) is 15.1 Å². The van der Waals surface area contributed by atoms with Gasteiger partial charge in [0.05, 0.1) is 12.6 Å². The lowest BCUT2D eigenvalue weighted by Gasteiger charge is -2.37. The molecule has 1 aliphatic heterocycles. The third kappa shape index (κ3) is 4.98. The van der Waals surface area contributed by atoms with Crippen LogP contribution in [0, 0.1) is 11.6 Å². The van der Waals surface area contributed by atoms with Crippen molar-refractivity contribution in [3.05, 3.63) is 29.8 Å². The zero-order valence-corrected chi connectivity index (χ0v) is 14.8. The van der Waals surface area contributed by atoms with Gasteiger partial charge in [0.2, 0.25) is 11.8 Å². The molecule has 2 amide bonds. The number of hydrogen-bond donors (Lipinski definition) is 2. The van der Waals surface area contributed by atoms with Crippen LogP contribution < -0.4 is 10.6 Å². The lowest BCUT2D eigenvalue weighted by Crippen LogP contribution is -2.54. The van der Waals surface area contributed by atoms with Crippen molar-refractivity contribution in [3.8, 4) is 0 Å². The zero-order chi connectivity index (χ0) is 18.7. The van der Waals surface area contributed by atoms with Crippen LogP contribution in [0.15, 0.2) is 18.2 Å². The van der Waals surface area contributed by atoms with Gasteiger partial charge in [-0.3, -0.25) is 19.4 Å². The van der Waals surface area contributed by atoms with Crippen LogP contribution in [0.4, 0.5) is 14.5 Å². The summed E-state index contributed by atoms with van der Waals surface area (Å²) in [5.74, 6) is -2.15. The minimum Gasteiger partial charge on any atom is -0.352 e. The van der Waals surface area contributed by atoms with E-state index in [1.165, 1.54) is 6.07 Å². The Labute approximate surface area is 151 Å². The summed E-state index contributed by atoms with van der Waals surface area (Å²) in [4.78, 5) is 28.3. The predicted octanol–water partition coefficient (Wildman–Crippen LogP) is 1.19. The van der Waals surface area contributed by atoms with Crippen LogP contribution in [-0.2, 0) is 9.59 Å². The fraction of sp³-hybridized carbons (Fsp3) is 0.556. The molecule has 3 rings (SSSR count). The fourth-order valence-corrected chi connectivity index (χ4v) is 3.00. The number of nitrogens with one attached hydrogen (secondary N) is 2. The lowest BCUT2D eigenvalue weighted by molar-refractivity contribution is -0.124. The molecule has 2 fully saturated rings. The molecule has 142 valence electrons. The first-order chi connectivity index (χ1) is 12.4. The van der Waals surface area contributed by atoms with Crippen LogP contribution >= 0.6 is 0 Å². The molecule has 0 bridgehead atoms. The van der Waals surface area contributed by atoms with Crippen molar-refractivity contribution in [1.29, 1.82) is 0 Å². The van der Waals surface area contributed by atoms with Gasteiger partial charge >= 0.3 is 0 Å². The van der Waals surface area contributed by atoms with E-state index in [4.69, 9.17) is 0 Å². The quantitative estimate of drug-likeness (QED) is 0.794. The first-order valence-electron chi connectivity index (χ1n) is 8.94. The Bertz CT molecular complexity index is 673. The van der Waals surface area contributed by atoms with Gasteiger partial charge in [0.25, 0.3) is 0 Å². The molecular formula is C18H24F2N4O2. The molecule has 1 atom stereocenters. The maximum atomic E-state index is 13.2. The molecular weight excluding hydrogens is 342 g/mol. The minimum absolute atomic E-state index is 0.0603. The van der Waals surface area contributed by atoms with Crippen LogP contribution in [0.5, 0.6) is 0 Å². The van der Waals surface area contributed by atoms with Gasteiger partial charge in [0.15, 0.2) is 11.6 Å². The number of hydrogen-bond acceptors (Lipinski definition) is 4. The van der Waals surface area contributed by atoms with Gasteiger partial charge in [-0.15, -0.1) is 0 Å². The maximum absolute atomic E-state index is 13.2. The molecule has 1 aromatic carbocycles. The van der Waals surface area contributed by atoms with Gasteiger partial charge < -0.3 is 10.6 Å². The second-order valence-corrected chi connectivity index (χ2v) is 6.95. The smallest absolute Gasteiger partial charge is 0.241 e. The van der Waals surface area contributed by atoms with E-state index in [0.717, 1.165) is 25.0 Å². The number of carbonyl (C=O) groups is 2. The first kappa shape index (κ1) is 18.7. The molecule has 1 saturated heterocycles. The van der Waals surface area contributed by atoms with Crippen molar-refractivity contribution in [2.45, 2.75) is 31.8 Å². The normalized spacial score (nSPS) is 19.8. The van der Waals surface area contributed by atoms with Crippen molar-refractivity contribution in [2.24, 2.45) is 0 Å². The summed E-state index contributed by atoms with van der Waals surface area (Å²) < 4.78 is 26.2. The first-order valence-corrected chi connectivity index (χ1v) is 8.94. The largest absolute Gasteiger partial charge is 0.352 e. The third-order valence-corrected chi connectivity index (χ3v) is 4.83. The zero-order valence-electron chi connectivity index (χ0n) is 14.8. The average Bonchev–Trinajstić information content (AvgIpc) is 3.42. The summed E-state index contributed by atoms with van der Waals surface area (Å²) in [6.45, 7) is 4.93. The Balaban J connectivity index is 1.44. The number of nitrogens with zero attached hydrogens (tertiary/aromatic N) is 2. The Kier molecular flexibility index (Phi) is 5.83. The van der Waals surface area contributed by atoms with Crippen LogP contribution in [0.1, 0.15) is 19.8 Å². The average molecular weight is 366 g/mol. The highest BCUT2D eigenvalue weighted by atomic mass is 19.2. The second-order valence-electron chi connectivity index (χ2n) is 6.95. The Morgan fingerprint density at radius 3 is 2.46 bits per heavy atom. The van der Waals surface area contributed by atoms with Gasteiger partial charge in [-0.05, 0) is 31.9 Å². The minimum atomic E-state index is -0.992. The molecule has 1 aromatic rings. The van der Waals surface area contributed by atoms with Crippen LogP contribution in [0.3, 0.4) is 0 Å². The van der Waals surface area contributed by atoms with Crippen molar-refractivity contribution in [2.75, 3.05) is 38.0 Å². The van der Waals surface area contributed by atoms with E-state index in [1.54, 1.807) is 6.92 Å². The molecule has 1 aliphatic carbocycles. The number of halogens is 2. The van der Waals surface area contributed by atoms with Gasteiger partial charge in [0, 0.05) is 44.0 Å². The Hall–Kier alpha value is -2.06. The highest BCUT2D eigenvalue weighted by Crippen LogP contribution is 2.18. The summed E-state index contributed by atoms with van der Waals surface area (Å²) in [5.41, 5.74) is 0.233. The Morgan fingerprint density at radius 1 is 1.15 bits per heavy atom. The summed E-state index contributed by atoms with van der Waals surface area (Å²) >= 11 is 0. The summed E-state index contributed by atoms with van der Waals surface area (Å²) in [6.07, 6.45) is 2.15. The van der Waals surface area contributed by atoms with E-state index in [0.29, 0.717) is 38.8 Å². The van der Waals surface area contributed by atoms with Gasteiger partial charge in [-0.2, -0.15) is 0 Å². The molecule has 6 nitrogen and oxygen atoms in total. The second kappa shape index (κ2) is 8.09. The van der Waals surface area contributed by atoms with Crippen LogP contribution in [0.25, 0.3) is 0 Å². The van der Waals surface area contributed by atoms with E-state index in [1.807, 2.05) is 4.90 Å². The monoisotopic (exact) mass is 366 g/mol. The molecule has 8 heteroatoms. The van der Waals surface area contributed by atoms with Crippen LogP contribution in [-0.4, -0.2) is 66.4 Å². The molecule has 0 radical (unpaired) electrons. The highest BCUT2D eigenvalue weighted by molar-refractivity contribution is 5.94. The van der Waals surface area contributed by atoms with Crippen molar-refractivity contribution in [3.63, 3.8) is 0 Å². The SMILES string of the molecule is C[C@@H](C(=O)Nc1ccc(F)c(F)c1)N1CCN(CC(=O)NC2CC2)CC1. The van der Waals surface area contributed by atoms with E-state index in [9.17, 15) is 18.4 Å². The van der Waals surface area contributed by atoms with E-state index >= 15 is 0 Å². The van der Waals surface area contributed by atoms with Gasteiger partial charge in [0.1, 0.15) is 0 Å². The summed E-state index contributed by atoms with van der Waals surface area (Å²) in [7, 11) is 0. The number of anilines is 1. The molecule has 0 aromatic heterocycles. The van der Waals surface area contributed by atoms with Crippen molar-refractivity contribution >= 4 is 17.5 Å². The lowest BCUT2D eigenvalue weighted by atomic mass is 10.2. The number of amides is 2.